The summed E-state index contributed by atoms with van der Waals surface area (Å²) in [4.78, 5) is 19.2. The number of benzene rings is 1. The Kier molecular flexibility index (Phi) is 6.22. The minimum atomic E-state index is 0.0893. The highest BCUT2D eigenvalue weighted by atomic mass is 16.5. The molecular formula is C23H29N3O2. The van der Waals surface area contributed by atoms with Gasteiger partial charge in [-0.3, -0.25) is 9.78 Å². The van der Waals surface area contributed by atoms with Crippen LogP contribution in [0.1, 0.15) is 41.6 Å². The number of pyridine rings is 1. The van der Waals surface area contributed by atoms with E-state index in [1.165, 1.54) is 5.56 Å². The first kappa shape index (κ1) is 18.9. The van der Waals surface area contributed by atoms with Gasteiger partial charge in [0.2, 0.25) is 0 Å². The minimum absolute atomic E-state index is 0.0893. The van der Waals surface area contributed by atoms with E-state index in [-0.39, 0.29) is 12.0 Å². The van der Waals surface area contributed by atoms with E-state index in [1.54, 1.807) is 12.4 Å². The topological polar surface area (TPSA) is 54.5 Å². The zero-order valence-electron chi connectivity index (χ0n) is 16.3. The number of likely N-dealkylation sites (tertiary alicyclic amines) is 1. The second-order valence-corrected chi connectivity index (χ2v) is 7.90. The molecule has 1 atom stereocenters. The van der Waals surface area contributed by atoms with Crippen molar-refractivity contribution in [2.75, 3.05) is 31.6 Å². The number of aromatic nitrogens is 1. The van der Waals surface area contributed by atoms with Crippen molar-refractivity contribution in [2.45, 2.75) is 38.2 Å². The molecule has 148 valence electrons. The van der Waals surface area contributed by atoms with Crippen LogP contribution in [0.4, 0.5) is 5.69 Å². The summed E-state index contributed by atoms with van der Waals surface area (Å²) in [5.74, 6) is 0.746. The molecule has 1 unspecified atom stereocenters. The first-order valence-electron chi connectivity index (χ1n) is 10.4. The molecule has 0 bridgehead atoms. The summed E-state index contributed by atoms with van der Waals surface area (Å²) in [5.41, 5.74) is 2.95. The van der Waals surface area contributed by atoms with Gasteiger partial charge >= 0.3 is 0 Å². The maximum Gasteiger partial charge on any atom is 0.255 e. The van der Waals surface area contributed by atoms with Crippen molar-refractivity contribution in [1.29, 1.82) is 0 Å². The van der Waals surface area contributed by atoms with E-state index in [0.29, 0.717) is 11.5 Å². The van der Waals surface area contributed by atoms with Crippen molar-refractivity contribution in [2.24, 2.45) is 5.92 Å². The number of hydrogen-bond acceptors (Lipinski definition) is 4. The lowest BCUT2D eigenvalue weighted by molar-refractivity contribution is 0.0690. The number of nitrogens with zero attached hydrogens (tertiary/aromatic N) is 2. The van der Waals surface area contributed by atoms with Crippen LogP contribution < -0.4 is 5.32 Å². The van der Waals surface area contributed by atoms with Crippen molar-refractivity contribution in [3.8, 4) is 0 Å². The summed E-state index contributed by atoms with van der Waals surface area (Å²) < 4.78 is 5.64. The molecule has 28 heavy (non-hydrogen) atoms. The highest BCUT2D eigenvalue weighted by Crippen LogP contribution is 2.23. The Balaban J connectivity index is 1.29. The molecule has 1 amide bonds. The van der Waals surface area contributed by atoms with Crippen LogP contribution in [0.25, 0.3) is 0 Å². The van der Waals surface area contributed by atoms with Gasteiger partial charge in [-0.2, -0.15) is 0 Å². The smallest absolute Gasteiger partial charge is 0.255 e. The van der Waals surface area contributed by atoms with Gasteiger partial charge in [0.15, 0.2) is 0 Å². The summed E-state index contributed by atoms with van der Waals surface area (Å²) >= 11 is 0. The fourth-order valence-electron chi connectivity index (χ4n) is 4.16. The molecule has 1 aromatic carbocycles. The number of hydrogen-bond donors (Lipinski definition) is 1. The quantitative estimate of drug-likeness (QED) is 0.830. The Hall–Kier alpha value is -2.40. The van der Waals surface area contributed by atoms with E-state index < -0.39 is 0 Å². The Morgan fingerprint density at radius 3 is 2.71 bits per heavy atom. The van der Waals surface area contributed by atoms with Crippen molar-refractivity contribution in [1.82, 2.24) is 9.88 Å². The Morgan fingerprint density at radius 1 is 1.14 bits per heavy atom. The third-order valence-electron chi connectivity index (χ3n) is 5.81. The van der Waals surface area contributed by atoms with E-state index in [9.17, 15) is 4.79 Å². The van der Waals surface area contributed by atoms with Gasteiger partial charge < -0.3 is 15.0 Å². The number of carbonyl (C=O) groups excluding carboxylic acids is 1. The van der Waals surface area contributed by atoms with Gasteiger partial charge in [-0.1, -0.05) is 30.3 Å². The third kappa shape index (κ3) is 4.90. The van der Waals surface area contributed by atoms with Gasteiger partial charge in [0, 0.05) is 38.6 Å². The molecule has 3 heterocycles. The number of carbonyl (C=O) groups is 1. The van der Waals surface area contributed by atoms with Crippen LogP contribution in [0, 0.1) is 5.92 Å². The number of ether oxygens (including phenoxy) is 1. The van der Waals surface area contributed by atoms with Gasteiger partial charge in [-0.05, 0) is 49.7 Å². The van der Waals surface area contributed by atoms with Crippen molar-refractivity contribution < 1.29 is 9.53 Å². The summed E-state index contributed by atoms with van der Waals surface area (Å²) in [6, 6.07) is 12.6. The lowest BCUT2D eigenvalue weighted by Crippen LogP contribution is -2.39. The second-order valence-electron chi connectivity index (χ2n) is 7.90. The number of rotatable bonds is 6. The molecule has 2 saturated heterocycles. The summed E-state index contributed by atoms with van der Waals surface area (Å²) in [7, 11) is 0. The molecule has 2 aliphatic rings. The molecular weight excluding hydrogens is 350 g/mol. The van der Waals surface area contributed by atoms with Gasteiger partial charge in [-0.25, -0.2) is 0 Å². The fraction of sp³-hybridized carbons (Fsp3) is 0.478. The maximum atomic E-state index is 12.9. The molecule has 4 rings (SSSR count). The highest BCUT2D eigenvalue weighted by molar-refractivity contribution is 5.94. The van der Waals surface area contributed by atoms with Crippen LogP contribution in [0.15, 0.2) is 48.8 Å². The van der Waals surface area contributed by atoms with E-state index in [0.717, 1.165) is 64.0 Å². The maximum absolute atomic E-state index is 12.9. The van der Waals surface area contributed by atoms with E-state index >= 15 is 0 Å². The standard InChI is InChI=1S/C23H29N3O2/c27-23(20-14-21(16-24-15-20)25-17-22-7-4-12-28-22)26-10-8-19(9-11-26)13-18-5-2-1-3-6-18/h1-3,5-6,14-16,19,22,25H,4,7-13,17H2. The predicted molar refractivity (Wildman–Crippen MR) is 110 cm³/mol. The van der Waals surface area contributed by atoms with Crippen LogP contribution in [-0.2, 0) is 11.2 Å². The molecule has 2 aromatic rings. The lowest BCUT2D eigenvalue weighted by atomic mass is 9.90. The molecule has 5 nitrogen and oxygen atoms in total. The number of nitrogens with one attached hydrogen (secondary N) is 1. The average molecular weight is 380 g/mol. The molecule has 0 radical (unpaired) electrons. The summed E-state index contributed by atoms with van der Waals surface area (Å²) in [6.07, 6.45) is 9.17. The zero-order chi connectivity index (χ0) is 19.2. The molecule has 1 aromatic heterocycles. The molecule has 0 aliphatic carbocycles. The first-order valence-corrected chi connectivity index (χ1v) is 10.4. The highest BCUT2D eigenvalue weighted by Gasteiger charge is 2.24. The van der Waals surface area contributed by atoms with Gasteiger partial charge in [0.05, 0.1) is 17.4 Å². The van der Waals surface area contributed by atoms with Crippen LogP contribution in [-0.4, -0.2) is 48.1 Å². The molecule has 2 aliphatic heterocycles. The minimum Gasteiger partial charge on any atom is -0.381 e. The van der Waals surface area contributed by atoms with Crippen LogP contribution in [0.5, 0.6) is 0 Å². The summed E-state index contributed by atoms with van der Waals surface area (Å²) in [5, 5.41) is 3.36. The monoisotopic (exact) mass is 379 g/mol. The Labute approximate surface area is 167 Å². The lowest BCUT2D eigenvalue weighted by Gasteiger charge is -2.32. The molecule has 1 N–H and O–H groups in total. The summed E-state index contributed by atoms with van der Waals surface area (Å²) in [6.45, 7) is 3.27. The molecule has 0 saturated carbocycles. The van der Waals surface area contributed by atoms with Crippen LogP contribution >= 0.6 is 0 Å². The molecule has 5 heteroatoms. The van der Waals surface area contributed by atoms with Gasteiger partial charge in [0.25, 0.3) is 5.91 Å². The third-order valence-corrected chi connectivity index (χ3v) is 5.81. The first-order chi connectivity index (χ1) is 13.8. The van der Waals surface area contributed by atoms with Gasteiger partial charge in [0.1, 0.15) is 0 Å². The van der Waals surface area contributed by atoms with Gasteiger partial charge in [-0.15, -0.1) is 0 Å². The normalized spacial score (nSPS) is 20.3. The Bertz CT molecular complexity index is 766. The predicted octanol–water partition coefficient (Wildman–Crippen LogP) is 3.77. The SMILES string of the molecule is O=C(c1cncc(NCC2CCCO2)c1)N1CCC(Cc2ccccc2)CC1. The van der Waals surface area contributed by atoms with E-state index in [2.05, 4.69) is 40.6 Å². The molecule has 0 spiro atoms. The second kappa shape index (κ2) is 9.20. The largest absolute Gasteiger partial charge is 0.381 e. The number of amides is 1. The van der Waals surface area contributed by atoms with E-state index in [4.69, 9.17) is 4.74 Å². The van der Waals surface area contributed by atoms with Crippen molar-refractivity contribution in [3.63, 3.8) is 0 Å². The van der Waals surface area contributed by atoms with Crippen LogP contribution in [0.3, 0.4) is 0 Å². The van der Waals surface area contributed by atoms with Crippen LogP contribution in [0.2, 0.25) is 0 Å². The number of piperidine rings is 1. The zero-order valence-corrected chi connectivity index (χ0v) is 16.3. The van der Waals surface area contributed by atoms with E-state index in [1.807, 2.05) is 11.0 Å². The average Bonchev–Trinajstić information content (AvgIpc) is 3.27. The van der Waals surface area contributed by atoms with Crippen molar-refractivity contribution >= 4 is 11.6 Å². The number of anilines is 1. The fourth-order valence-corrected chi connectivity index (χ4v) is 4.16. The Morgan fingerprint density at radius 2 is 1.96 bits per heavy atom. The molecule has 2 fully saturated rings. The van der Waals surface area contributed by atoms with Crippen molar-refractivity contribution in [3.05, 3.63) is 59.9 Å².